The van der Waals surface area contributed by atoms with Gasteiger partial charge in [-0.2, -0.15) is 0 Å². The minimum absolute atomic E-state index is 0.00536. The minimum atomic E-state index is -1.26. The second kappa shape index (κ2) is 16.5. The van der Waals surface area contributed by atoms with Crippen molar-refractivity contribution in [3.8, 4) is 5.75 Å². The molecule has 248 valence electrons. The number of alkyl carbamates (subject to hydrolysis) is 1. The Kier molecular flexibility index (Phi) is 11.7. The van der Waals surface area contributed by atoms with E-state index in [1.165, 1.54) is 0 Å². The highest BCUT2D eigenvalue weighted by Gasteiger charge is 2.32. The maximum absolute atomic E-state index is 13.8. The molecule has 5 rings (SSSR count). The van der Waals surface area contributed by atoms with Crippen LogP contribution in [0.4, 0.5) is 4.79 Å². The van der Waals surface area contributed by atoms with Crippen LogP contribution < -0.4 is 20.7 Å². The van der Waals surface area contributed by atoms with Crippen molar-refractivity contribution in [3.63, 3.8) is 0 Å². The molecule has 3 heterocycles. The Hall–Kier alpha value is -5.00. The van der Waals surface area contributed by atoms with Crippen LogP contribution in [-0.2, 0) is 38.7 Å². The summed E-state index contributed by atoms with van der Waals surface area (Å²) in [7, 11) is 0. The van der Waals surface area contributed by atoms with Gasteiger partial charge >= 0.3 is 6.09 Å². The van der Waals surface area contributed by atoms with Crippen molar-refractivity contribution in [1.82, 2.24) is 30.8 Å². The van der Waals surface area contributed by atoms with Crippen LogP contribution in [0.3, 0.4) is 0 Å². The van der Waals surface area contributed by atoms with Gasteiger partial charge in [-0.25, -0.2) is 4.79 Å². The zero-order valence-electron chi connectivity index (χ0n) is 26.7. The molecular weight excluding hydrogens is 600 g/mol. The van der Waals surface area contributed by atoms with Gasteiger partial charge in [0.2, 0.25) is 17.7 Å². The molecule has 2 aliphatic rings. The quantitative estimate of drug-likeness (QED) is 0.371. The second-order valence-electron chi connectivity index (χ2n) is 12.1. The maximum atomic E-state index is 13.8. The van der Waals surface area contributed by atoms with Gasteiger partial charge in [-0.05, 0) is 73.8 Å². The molecule has 12 nitrogen and oxygen atoms in total. The minimum Gasteiger partial charge on any atom is -0.494 e. The lowest BCUT2D eigenvalue weighted by molar-refractivity contribution is -0.137. The van der Waals surface area contributed by atoms with Gasteiger partial charge in [0.15, 0.2) is 0 Å². The maximum Gasteiger partial charge on any atom is 0.408 e. The molecule has 3 N–H and O–H groups in total. The molecule has 12 heteroatoms. The van der Waals surface area contributed by atoms with Crippen LogP contribution in [0.2, 0.25) is 0 Å². The number of fused-ring (bicyclic) bond motifs is 4. The highest BCUT2D eigenvalue weighted by atomic mass is 16.5. The lowest BCUT2D eigenvalue weighted by Crippen LogP contribution is -2.55. The van der Waals surface area contributed by atoms with Crippen molar-refractivity contribution in [2.45, 2.75) is 70.7 Å². The van der Waals surface area contributed by atoms with Crippen LogP contribution in [-0.4, -0.2) is 70.5 Å². The molecule has 2 aromatic carbocycles. The van der Waals surface area contributed by atoms with Gasteiger partial charge in [-0.15, -0.1) is 0 Å². The fourth-order valence-electron chi connectivity index (χ4n) is 5.82. The third-order valence-electron chi connectivity index (χ3n) is 8.58. The summed E-state index contributed by atoms with van der Waals surface area (Å²) in [5, 5.41) is 8.34. The number of aryl methyl sites for hydroxylation is 2. The molecule has 4 bridgehead atoms. The van der Waals surface area contributed by atoms with Crippen molar-refractivity contribution in [2.24, 2.45) is 5.92 Å². The van der Waals surface area contributed by atoms with Crippen LogP contribution in [0.25, 0.3) is 0 Å². The number of nitrogens with one attached hydrogen (secondary N) is 3. The van der Waals surface area contributed by atoms with E-state index in [0.717, 1.165) is 36.0 Å². The molecule has 0 radical (unpaired) electrons. The van der Waals surface area contributed by atoms with Crippen molar-refractivity contribution in [3.05, 3.63) is 89.5 Å². The van der Waals surface area contributed by atoms with E-state index in [2.05, 4.69) is 25.9 Å². The molecule has 0 aliphatic carbocycles. The first-order valence-corrected chi connectivity index (χ1v) is 16.1. The lowest BCUT2D eigenvalue weighted by Gasteiger charge is -2.34. The van der Waals surface area contributed by atoms with Crippen molar-refractivity contribution in [2.75, 3.05) is 19.7 Å². The average Bonchev–Trinajstić information content (AvgIpc) is 3.09. The standard InChI is InChI=1S/C35H42N6O6/c1-24-9-11-29-18-27(24)20-38-33(43)30(12-10-28-21-36-14-15-37-28)39-34(44)31(40-35(45)47-23-26-6-3-2-4-7-26)19-32(42)41-16-5-8-25(22-41)13-17-46-29/h2-4,6-7,9,11,14-15,18,21,25,30-31H,5,8,10,12-13,16-17,19-20,22-23H2,1H3,(H,38,43)(H,39,44)(H,40,45)/t25?,30?,31-/m0/s1. The van der Waals surface area contributed by atoms with E-state index in [1.807, 2.05) is 55.5 Å². The van der Waals surface area contributed by atoms with Gasteiger partial charge in [-0.3, -0.25) is 24.4 Å². The van der Waals surface area contributed by atoms with Gasteiger partial charge in [0, 0.05) is 38.2 Å². The Morgan fingerprint density at radius 3 is 2.74 bits per heavy atom. The number of carbonyl (C=O) groups is 4. The average molecular weight is 643 g/mol. The molecule has 4 amide bonds. The Morgan fingerprint density at radius 1 is 1.09 bits per heavy atom. The Labute approximate surface area is 274 Å². The number of rotatable bonds is 6. The normalized spacial score (nSPS) is 20.9. The number of amides is 4. The molecule has 2 unspecified atom stereocenters. The molecular formula is C35H42N6O6. The monoisotopic (exact) mass is 642 g/mol. The number of benzene rings is 2. The summed E-state index contributed by atoms with van der Waals surface area (Å²) in [6, 6.07) is 12.7. The van der Waals surface area contributed by atoms with E-state index in [0.29, 0.717) is 37.6 Å². The summed E-state index contributed by atoms with van der Waals surface area (Å²) in [6.45, 7) is 3.78. The topological polar surface area (TPSA) is 152 Å². The number of hydrogen-bond donors (Lipinski definition) is 3. The fourth-order valence-corrected chi connectivity index (χ4v) is 5.82. The summed E-state index contributed by atoms with van der Waals surface area (Å²) < 4.78 is 11.5. The molecule has 47 heavy (non-hydrogen) atoms. The fraction of sp³-hybridized carbons (Fsp3) is 0.429. The van der Waals surface area contributed by atoms with E-state index in [-0.39, 0.29) is 37.8 Å². The second-order valence-corrected chi connectivity index (χ2v) is 12.1. The van der Waals surface area contributed by atoms with Gasteiger partial charge in [0.05, 0.1) is 18.7 Å². The molecule has 3 atom stereocenters. The Bertz CT molecular complexity index is 1520. The lowest BCUT2D eigenvalue weighted by atomic mass is 9.94. The van der Waals surface area contributed by atoms with Crippen LogP contribution in [0.1, 0.15) is 54.5 Å². The van der Waals surface area contributed by atoms with Gasteiger partial charge in [0.25, 0.3) is 0 Å². The zero-order chi connectivity index (χ0) is 33.0. The van der Waals surface area contributed by atoms with E-state index in [1.54, 1.807) is 23.5 Å². The molecule has 2 aliphatic heterocycles. The highest BCUT2D eigenvalue weighted by Crippen LogP contribution is 2.23. The summed E-state index contributed by atoms with van der Waals surface area (Å²) >= 11 is 0. The summed E-state index contributed by atoms with van der Waals surface area (Å²) in [4.78, 5) is 64.0. The Morgan fingerprint density at radius 2 is 1.94 bits per heavy atom. The van der Waals surface area contributed by atoms with E-state index in [9.17, 15) is 19.2 Å². The number of piperidine rings is 1. The predicted molar refractivity (Wildman–Crippen MR) is 173 cm³/mol. The Balaban J connectivity index is 1.37. The third-order valence-corrected chi connectivity index (χ3v) is 8.58. The molecule has 0 saturated carbocycles. The summed E-state index contributed by atoms with van der Waals surface area (Å²) in [5.41, 5.74) is 3.32. The third kappa shape index (κ3) is 9.99. The number of ether oxygens (including phenoxy) is 2. The summed E-state index contributed by atoms with van der Waals surface area (Å²) in [6.07, 6.45) is 6.76. The molecule has 1 aromatic heterocycles. The van der Waals surface area contributed by atoms with Crippen LogP contribution in [0, 0.1) is 12.8 Å². The zero-order valence-corrected chi connectivity index (χ0v) is 26.7. The molecule has 3 aromatic rings. The molecule has 1 fully saturated rings. The van der Waals surface area contributed by atoms with Crippen molar-refractivity contribution < 1.29 is 28.7 Å². The first-order valence-electron chi connectivity index (χ1n) is 16.1. The van der Waals surface area contributed by atoms with Crippen molar-refractivity contribution >= 4 is 23.8 Å². The van der Waals surface area contributed by atoms with E-state index in [4.69, 9.17) is 9.47 Å². The molecule has 0 spiro atoms. The first kappa shape index (κ1) is 33.4. The number of nitrogens with zero attached hydrogens (tertiary/aromatic N) is 3. The highest BCUT2D eigenvalue weighted by molar-refractivity contribution is 5.94. The van der Waals surface area contributed by atoms with Gasteiger partial charge < -0.3 is 30.3 Å². The molecule has 1 saturated heterocycles. The van der Waals surface area contributed by atoms with Gasteiger partial charge in [-0.1, -0.05) is 36.4 Å². The number of hydrogen-bond acceptors (Lipinski definition) is 8. The first-order chi connectivity index (χ1) is 22.8. The van der Waals surface area contributed by atoms with Gasteiger partial charge in [0.1, 0.15) is 24.4 Å². The van der Waals surface area contributed by atoms with E-state index >= 15 is 0 Å². The van der Waals surface area contributed by atoms with Crippen LogP contribution in [0.15, 0.2) is 67.1 Å². The largest absolute Gasteiger partial charge is 0.494 e. The van der Waals surface area contributed by atoms with Crippen molar-refractivity contribution in [1.29, 1.82) is 0 Å². The predicted octanol–water partition coefficient (Wildman–Crippen LogP) is 3.23. The number of aromatic nitrogens is 2. The van der Waals surface area contributed by atoms with E-state index < -0.39 is 30.0 Å². The van der Waals surface area contributed by atoms with Crippen LogP contribution >= 0.6 is 0 Å². The smallest absolute Gasteiger partial charge is 0.408 e. The summed E-state index contributed by atoms with van der Waals surface area (Å²) in [5.74, 6) is -0.369. The van der Waals surface area contributed by atoms with Crippen LogP contribution in [0.5, 0.6) is 5.75 Å². The SMILES string of the molecule is Cc1ccc2cc1CNC(=O)C(CCc1cnccn1)NC(=O)[C@@H](NC(=O)OCc1ccccc1)CC(=O)N1CCCC(CCO2)C1. The number of carbonyl (C=O) groups excluding carboxylic acids is 4.